The quantitative estimate of drug-likeness (QED) is 0.756. The molecule has 0 N–H and O–H groups in total. The van der Waals surface area contributed by atoms with Gasteiger partial charge < -0.3 is 9.64 Å². The fourth-order valence-electron chi connectivity index (χ4n) is 3.00. The zero-order valence-electron chi connectivity index (χ0n) is 12.4. The number of amides is 1. The molecule has 3 rings (SSSR count). The molecule has 2 aliphatic heterocycles. The summed E-state index contributed by atoms with van der Waals surface area (Å²) in [5.74, 6) is 0. The number of ether oxygens (including phenoxy) is 1. The van der Waals surface area contributed by atoms with Gasteiger partial charge in [-0.05, 0) is 49.5 Å². The lowest BCUT2D eigenvalue weighted by Gasteiger charge is -2.41. The van der Waals surface area contributed by atoms with Crippen molar-refractivity contribution < 1.29 is 9.53 Å². The minimum absolute atomic E-state index is 0.187. The number of hydrogen-bond donors (Lipinski definition) is 0. The predicted octanol–water partition coefficient (Wildman–Crippen LogP) is 2.89. The van der Waals surface area contributed by atoms with Gasteiger partial charge in [-0.2, -0.15) is 0 Å². The van der Waals surface area contributed by atoms with E-state index in [9.17, 15) is 4.79 Å². The third-order valence-corrected chi connectivity index (χ3v) is 5.16. The first-order valence-corrected chi connectivity index (χ1v) is 8.70. The van der Waals surface area contributed by atoms with Gasteiger partial charge in [0.1, 0.15) is 5.60 Å². The van der Waals surface area contributed by atoms with Crippen molar-refractivity contribution in [3.05, 3.63) is 3.92 Å². The van der Waals surface area contributed by atoms with Crippen molar-refractivity contribution in [1.29, 1.82) is 0 Å². The predicted molar refractivity (Wildman–Crippen MR) is 84.7 cm³/mol. The van der Waals surface area contributed by atoms with Crippen molar-refractivity contribution in [2.45, 2.75) is 51.3 Å². The largest absolute Gasteiger partial charge is 0.444 e. The Morgan fingerprint density at radius 1 is 1.29 bits per heavy atom. The number of aromatic nitrogens is 2. The highest BCUT2D eigenvalue weighted by Crippen LogP contribution is 2.35. The average molecular weight is 375 g/mol. The van der Waals surface area contributed by atoms with Crippen molar-refractivity contribution in [2.24, 2.45) is 0 Å². The van der Waals surface area contributed by atoms with Crippen LogP contribution >= 0.6 is 27.3 Å². The second-order valence-electron chi connectivity index (χ2n) is 6.52. The van der Waals surface area contributed by atoms with E-state index in [0.717, 1.165) is 35.0 Å². The van der Waals surface area contributed by atoms with Gasteiger partial charge in [0.05, 0.1) is 12.1 Å². The Bertz CT molecular complexity index is 531. The third kappa shape index (κ3) is 3.15. The fourth-order valence-corrected chi connectivity index (χ4v) is 4.10. The topological polar surface area (TPSA) is 58.6 Å². The van der Waals surface area contributed by atoms with Crippen LogP contribution in [0, 0.1) is 0 Å². The lowest BCUT2D eigenvalue weighted by atomic mass is 10.2. The van der Waals surface area contributed by atoms with Crippen LogP contribution < -0.4 is 4.90 Å². The van der Waals surface area contributed by atoms with E-state index in [4.69, 9.17) is 4.74 Å². The van der Waals surface area contributed by atoms with E-state index in [2.05, 4.69) is 31.0 Å². The van der Waals surface area contributed by atoms with Gasteiger partial charge in [0, 0.05) is 13.1 Å². The van der Waals surface area contributed by atoms with E-state index in [1.807, 2.05) is 25.7 Å². The molecule has 2 fully saturated rings. The first kappa shape index (κ1) is 15.0. The first-order chi connectivity index (χ1) is 9.83. The first-order valence-electron chi connectivity index (χ1n) is 7.09. The second kappa shape index (κ2) is 5.39. The van der Waals surface area contributed by atoms with Gasteiger partial charge in [-0.15, -0.1) is 10.2 Å². The second-order valence-corrected chi connectivity index (χ2v) is 8.75. The number of hydrogen-bond acceptors (Lipinski definition) is 6. The minimum atomic E-state index is -0.447. The van der Waals surface area contributed by atoms with E-state index in [-0.39, 0.29) is 18.2 Å². The van der Waals surface area contributed by atoms with Crippen molar-refractivity contribution in [2.75, 3.05) is 18.0 Å². The summed E-state index contributed by atoms with van der Waals surface area (Å²) in [5.41, 5.74) is -0.447. The summed E-state index contributed by atoms with van der Waals surface area (Å²) in [6, 6.07) is 0.419. The fraction of sp³-hybridized carbons (Fsp3) is 0.769. The average Bonchev–Trinajstić information content (AvgIpc) is 2.89. The van der Waals surface area contributed by atoms with Gasteiger partial charge in [0.25, 0.3) is 0 Å². The molecule has 2 aliphatic rings. The van der Waals surface area contributed by atoms with Crippen LogP contribution in [0.3, 0.4) is 0 Å². The highest BCUT2D eigenvalue weighted by molar-refractivity contribution is 9.11. The molecule has 3 heterocycles. The molecule has 2 unspecified atom stereocenters. The summed E-state index contributed by atoms with van der Waals surface area (Å²) >= 11 is 4.88. The molecular weight excluding hydrogens is 356 g/mol. The number of carbonyl (C=O) groups excluding carboxylic acids is 1. The Labute approximate surface area is 136 Å². The molecule has 1 aromatic heterocycles. The molecule has 0 aromatic carbocycles. The Balaban J connectivity index is 1.71. The molecule has 116 valence electrons. The number of nitrogens with zero attached hydrogens (tertiary/aromatic N) is 4. The number of rotatable bonds is 1. The highest BCUT2D eigenvalue weighted by Gasteiger charge is 2.44. The van der Waals surface area contributed by atoms with Gasteiger partial charge in [0.15, 0.2) is 3.92 Å². The number of halogens is 1. The molecule has 0 radical (unpaired) electrons. The van der Waals surface area contributed by atoms with Gasteiger partial charge in [-0.25, -0.2) is 4.79 Å². The Hall–Kier alpha value is -0.890. The molecule has 0 saturated carbocycles. The highest BCUT2D eigenvalue weighted by atomic mass is 79.9. The van der Waals surface area contributed by atoms with Crippen molar-refractivity contribution in [1.82, 2.24) is 15.1 Å². The molecule has 1 aromatic rings. The van der Waals surface area contributed by atoms with Crippen molar-refractivity contribution in [3.63, 3.8) is 0 Å². The molecule has 2 saturated heterocycles. The summed E-state index contributed by atoms with van der Waals surface area (Å²) < 4.78 is 6.33. The Kier molecular flexibility index (Phi) is 3.85. The zero-order valence-corrected chi connectivity index (χ0v) is 14.8. The number of piperazine rings is 1. The SMILES string of the molecule is CC(C)(C)OC(=O)N1C2CCC1CN(c1nnc(Br)s1)C2. The van der Waals surface area contributed by atoms with E-state index in [0.29, 0.717) is 0 Å². The van der Waals surface area contributed by atoms with Crippen LogP contribution in [-0.2, 0) is 4.74 Å². The standard InChI is InChI=1S/C13H19BrN4O2S/c1-13(2,3)20-12(19)18-8-4-5-9(18)7-17(6-8)11-16-15-10(14)21-11/h8-9H,4-7H2,1-3H3. The van der Waals surface area contributed by atoms with Crippen LogP contribution in [-0.4, -0.2) is 52.0 Å². The van der Waals surface area contributed by atoms with Gasteiger partial charge in [-0.3, -0.25) is 4.90 Å². The van der Waals surface area contributed by atoms with Crippen molar-refractivity contribution >= 4 is 38.5 Å². The molecular formula is C13H19BrN4O2S. The van der Waals surface area contributed by atoms with Crippen LogP contribution in [0.15, 0.2) is 3.92 Å². The number of fused-ring (bicyclic) bond motifs is 2. The maximum absolute atomic E-state index is 12.4. The molecule has 6 nitrogen and oxygen atoms in total. The van der Waals surface area contributed by atoms with E-state index >= 15 is 0 Å². The van der Waals surface area contributed by atoms with Crippen molar-refractivity contribution in [3.8, 4) is 0 Å². The molecule has 1 amide bonds. The molecule has 2 atom stereocenters. The Morgan fingerprint density at radius 3 is 2.38 bits per heavy atom. The monoisotopic (exact) mass is 374 g/mol. The normalized spacial score (nSPS) is 25.3. The summed E-state index contributed by atoms with van der Waals surface area (Å²) in [7, 11) is 0. The molecule has 2 bridgehead atoms. The van der Waals surface area contributed by atoms with Crippen LogP contribution in [0.5, 0.6) is 0 Å². The summed E-state index contributed by atoms with van der Waals surface area (Å²) in [5, 5.41) is 9.10. The maximum atomic E-state index is 12.4. The van der Waals surface area contributed by atoms with E-state index < -0.39 is 5.60 Å². The smallest absolute Gasteiger partial charge is 0.410 e. The Morgan fingerprint density at radius 2 is 1.90 bits per heavy atom. The van der Waals surface area contributed by atoms with Gasteiger partial charge >= 0.3 is 6.09 Å². The minimum Gasteiger partial charge on any atom is -0.444 e. The number of anilines is 1. The molecule has 0 spiro atoms. The molecule has 21 heavy (non-hydrogen) atoms. The summed E-state index contributed by atoms with van der Waals surface area (Å²) in [4.78, 5) is 16.5. The maximum Gasteiger partial charge on any atom is 0.410 e. The molecule has 8 heteroatoms. The lowest BCUT2D eigenvalue weighted by Crippen LogP contribution is -2.56. The zero-order chi connectivity index (χ0) is 15.2. The molecule has 0 aliphatic carbocycles. The summed E-state index contributed by atoms with van der Waals surface area (Å²) in [6.07, 6.45) is 1.87. The van der Waals surface area contributed by atoms with Gasteiger partial charge in [0.2, 0.25) is 5.13 Å². The van der Waals surface area contributed by atoms with Crippen LogP contribution in [0.2, 0.25) is 0 Å². The number of carbonyl (C=O) groups is 1. The van der Waals surface area contributed by atoms with Gasteiger partial charge in [-0.1, -0.05) is 11.3 Å². The van der Waals surface area contributed by atoms with Crippen LogP contribution in [0.1, 0.15) is 33.6 Å². The van der Waals surface area contributed by atoms with E-state index in [1.54, 1.807) is 0 Å². The van der Waals surface area contributed by atoms with E-state index in [1.165, 1.54) is 11.3 Å². The van der Waals surface area contributed by atoms with Crippen LogP contribution in [0.4, 0.5) is 9.93 Å². The third-order valence-electron chi connectivity index (χ3n) is 3.75. The summed E-state index contributed by atoms with van der Waals surface area (Å²) in [6.45, 7) is 7.32. The lowest BCUT2D eigenvalue weighted by molar-refractivity contribution is 0.0123. The van der Waals surface area contributed by atoms with Crippen LogP contribution in [0.25, 0.3) is 0 Å².